The molecule has 3 aromatic carbocycles. The molecule has 2 saturated carbocycles. The van der Waals surface area contributed by atoms with Gasteiger partial charge in [0.1, 0.15) is 5.70 Å². The van der Waals surface area contributed by atoms with E-state index in [0.29, 0.717) is 36.5 Å². The summed E-state index contributed by atoms with van der Waals surface area (Å²) in [5, 5.41) is 9.43. The fourth-order valence-electron chi connectivity index (χ4n) is 9.37. The first-order chi connectivity index (χ1) is 30.7. The molecule has 63 heavy (non-hydrogen) atoms. The van der Waals surface area contributed by atoms with E-state index in [1.165, 1.54) is 75.3 Å². The lowest BCUT2D eigenvalue weighted by Crippen LogP contribution is -2.44. The van der Waals surface area contributed by atoms with E-state index in [9.17, 15) is 24.0 Å². The van der Waals surface area contributed by atoms with E-state index in [1.54, 1.807) is 40.3 Å². The van der Waals surface area contributed by atoms with E-state index in [4.69, 9.17) is 0 Å². The van der Waals surface area contributed by atoms with Crippen LogP contribution in [0.5, 0.6) is 0 Å². The van der Waals surface area contributed by atoms with Crippen LogP contribution in [-0.2, 0) is 14.4 Å². The zero-order chi connectivity index (χ0) is 44.1. The number of hydrogen-bond acceptors (Lipinski definition) is 6. The summed E-state index contributed by atoms with van der Waals surface area (Å²) in [6.45, 7) is 4.03. The molecule has 6 atom stereocenters. The van der Waals surface area contributed by atoms with E-state index >= 15 is 0 Å². The van der Waals surface area contributed by atoms with Crippen LogP contribution in [0.2, 0.25) is 0 Å². The number of rotatable bonds is 22. The van der Waals surface area contributed by atoms with Crippen molar-refractivity contribution >= 4 is 29.5 Å². The van der Waals surface area contributed by atoms with Crippen molar-refractivity contribution in [1.29, 1.82) is 0 Å². The number of likely N-dealkylation sites (tertiary alicyclic amines) is 1. The Bertz CT molecular complexity index is 1960. The van der Waals surface area contributed by atoms with E-state index in [-0.39, 0.29) is 66.5 Å². The second-order valence-corrected chi connectivity index (χ2v) is 18.3. The molecule has 11 nitrogen and oxygen atoms in total. The largest absolute Gasteiger partial charge is 0.367 e. The van der Waals surface area contributed by atoms with Gasteiger partial charge in [0, 0.05) is 81.0 Å². The van der Waals surface area contributed by atoms with Gasteiger partial charge in [0.15, 0.2) is 0 Å². The van der Waals surface area contributed by atoms with Crippen LogP contribution in [0.3, 0.4) is 0 Å². The highest BCUT2D eigenvalue weighted by Crippen LogP contribution is 2.42. The summed E-state index contributed by atoms with van der Waals surface area (Å²) in [6, 6.07) is 26.7. The van der Waals surface area contributed by atoms with Crippen LogP contribution >= 0.6 is 0 Å². The third-order valence-electron chi connectivity index (χ3n) is 13.5. The van der Waals surface area contributed by atoms with Gasteiger partial charge in [-0.05, 0) is 54.7 Å². The Morgan fingerprint density at radius 1 is 0.571 bits per heavy atom. The van der Waals surface area contributed by atoms with E-state index < -0.39 is 11.8 Å². The molecule has 11 heteroatoms. The van der Waals surface area contributed by atoms with Crippen LogP contribution in [-0.4, -0.2) is 96.1 Å². The van der Waals surface area contributed by atoms with Crippen molar-refractivity contribution in [3.8, 4) is 0 Å². The van der Waals surface area contributed by atoms with Crippen LogP contribution < -0.4 is 16.0 Å². The Labute approximate surface area is 374 Å². The molecule has 0 radical (unpaired) electrons. The molecule has 5 amide bonds. The van der Waals surface area contributed by atoms with Crippen molar-refractivity contribution in [3.63, 3.8) is 0 Å². The highest BCUT2D eigenvalue weighted by Gasteiger charge is 2.49. The Kier molecular flexibility index (Phi) is 16.1. The highest BCUT2D eigenvalue weighted by atomic mass is 16.2. The van der Waals surface area contributed by atoms with Gasteiger partial charge < -0.3 is 30.7 Å². The minimum Gasteiger partial charge on any atom is -0.367 e. The molecule has 0 unspecified atom stereocenters. The van der Waals surface area contributed by atoms with Crippen LogP contribution in [0.25, 0.3) is 0 Å². The Balaban J connectivity index is 0.904. The summed E-state index contributed by atoms with van der Waals surface area (Å²) in [6.07, 6.45) is 18.4. The van der Waals surface area contributed by atoms with Crippen molar-refractivity contribution in [1.82, 2.24) is 30.7 Å². The minimum atomic E-state index is -0.694. The predicted octanol–water partition coefficient (Wildman–Crippen LogP) is 7.77. The fourth-order valence-corrected chi connectivity index (χ4v) is 9.37. The lowest BCUT2D eigenvalue weighted by atomic mass is 9.94. The number of unbranched alkanes of at least 4 members (excludes halogenated alkanes) is 11. The monoisotopic (exact) mass is 857 g/mol. The third-order valence-corrected chi connectivity index (χ3v) is 13.5. The molecule has 3 aromatic rings. The average Bonchev–Trinajstić information content (AvgIpc) is 4.22. The van der Waals surface area contributed by atoms with Gasteiger partial charge in [-0.2, -0.15) is 0 Å². The molecule has 2 aliphatic heterocycles. The van der Waals surface area contributed by atoms with E-state index in [1.807, 2.05) is 48.3 Å². The second kappa shape index (κ2) is 22.3. The Morgan fingerprint density at radius 2 is 1.03 bits per heavy atom. The Morgan fingerprint density at radius 3 is 1.52 bits per heavy atom. The van der Waals surface area contributed by atoms with Crippen LogP contribution in [0.1, 0.15) is 140 Å². The van der Waals surface area contributed by atoms with Gasteiger partial charge in [-0.25, -0.2) is 0 Å². The SMILES string of the molecule is CCCCCCCCCCCCCCNC(=O)C1=CN(C(=O)c2ccc(C(=O)N3C[C@@H](C(=O)N[C@H]4C[C@@H]4c4ccccc4)[C@H](C(=O)N[C@H]4C[C@@H]4c4ccccc4)C3)cc2)CCN1C. The van der Waals surface area contributed by atoms with Gasteiger partial charge in [0.2, 0.25) is 11.8 Å². The topological polar surface area (TPSA) is 131 Å². The number of benzene rings is 3. The predicted molar refractivity (Wildman–Crippen MR) is 247 cm³/mol. The molecule has 3 N–H and O–H groups in total. The highest BCUT2D eigenvalue weighted by molar-refractivity contribution is 6.00. The number of carbonyl (C=O) groups excluding carboxylic acids is 5. The molecule has 3 fully saturated rings. The standard InChI is InChI=1S/C52H68N6O5/c1-3-4-5-6-7-8-9-10-11-12-13-20-29-53-50(61)47-36-57(31-30-56(47)2)51(62)39-25-27-40(28-26-39)52(63)58-34-43(48(59)54-45-32-41(45)37-21-16-14-17-22-37)44(35-58)49(60)55-46-33-42(46)38-23-18-15-19-24-38/h14-19,21-28,36,41-46H,3-13,20,29-35H2,1-2H3,(H,53,61)(H,54,59)(H,55,60)/t41-,42-,43-,44-,45+,46+/m1/s1. The van der Waals surface area contributed by atoms with Crippen molar-refractivity contribution in [2.45, 2.75) is 121 Å². The van der Waals surface area contributed by atoms with Gasteiger partial charge in [-0.1, -0.05) is 138 Å². The second-order valence-electron chi connectivity index (χ2n) is 18.3. The maximum Gasteiger partial charge on any atom is 0.269 e. The van der Waals surface area contributed by atoms with E-state index in [2.05, 4.69) is 47.1 Å². The number of hydrogen-bond donors (Lipinski definition) is 3. The Hall–Kier alpha value is -5.45. The number of nitrogens with zero attached hydrogens (tertiary/aromatic N) is 3. The molecule has 2 heterocycles. The summed E-state index contributed by atoms with van der Waals surface area (Å²) in [4.78, 5) is 73.7. The van der Waals surface area contributed by atoms with Crippen LogP contribution in [0.15, 0.2) is 96.8 Å². The zero-order valence-electron chi connectivity index (χ0n) is 37.4. The summed E-state index contributed by atoms with van der Waals surface area (Å²) in [5.41, 5.74) is 3.57. The molecule has 4 aliphatic rings. The summed E-state index contributed by atoms with van der Waals surface area (Å²) >= 11 is 0. The maximum atomic E-state index is 14.0. The lowest BCUT2D eigenvalue weighted by Gasteiger charge is -2.32. The van der Waals surface area contributed by atoms with Crippen molar-refractivity contribution in [2.75, 3.05) is 39.8 Å². The summed E-state index contributed by atoms with van der Waals surface area (Å²) < 4.78 is 0. The van der Waals surface area contributed by atoms with Gasteiger partial charge >= 0.3 is 0 Å². The molecule has 0 spiro atoms. The molecule has 1 saturated heterocycles. The first-order valence-electron chi connectivity index (χ1n) is 23.8. The molecule has 336 valence electrons. The van der Waals surface area contributed by atoms with Gasteiger partial charge in [-0.3, -0.25) is 24.0 Å². The molecular weight excluding hydrogens is 789 g/mol. The van der Waals surface area contributed by atoms with Gasteiger partial charge in [-0.15, -0.1) is 0 Å². The van der Waals surface area contributed by atoms with Crippen LogP contribution in [0.4, 0.5) is 0 Å². The van der Waals surface area contributed by atoms with E-state index in [0.717, 1.165) is 25.7 Å². The van der Waals surface area contributed by atoms with Crippen molar-refractivity contribution in [3.05, 3.63) is 119 Å². The number of amides is 5. The number of nitrogens with one attached hydrogen (secondary N) is 3. The normalized spacial score (nSPS) is 22.6. The quantitative estimate of drug-likeness (QED) is 0.0886. The maximum absolute atomic E-state index is 14.0. The lowest BCUT2D eigenvalue weighted by molar-refractivity contribution is -0.133. The summed E-state index contributed by atoms with van der Waals surface area (Å²) in [5.74, 6) is -2.07. The molecule has 7 rings (SSSR count). The smallest absolute Gasteiger partial charge is 0.269 e. The molecule has 0 aromatic heterocycles. The van der Waals surface area contributed by atoms with Crippen LogP contribution in [0, 0.1) is 11.8 Å². The average molecular weight is 857 g/mol. The minimum absolute atomic E-state index is 0.00554. The first kappa shape index (κ1) is 45.6. The molecular formula is C52H68N6O5. The fraction of sp³-hybridized carbons (Fsp3) is 0.519. The zero-order valence-corrected chi connectivity index (χ0v) is 37.4. The van der Waals surface area contributed by atoms with Crippen molar-refractivity contribution in [2.24, 2.45) is 11.8 Å². The summed E-state index contributed by atoms with van der Waals surface area (Å²) in [7, 11) is 1.86. The molecule has 2 aliphatic carbocycles. The first-order valence-corrected chi connectivity index (χ1v) is 23.8. The van der Waals surface area contributed by atoms with Crippen molar-refractivity contribution < 1.29 is 24.0 Å². The third kappa shape index (κ3) is 12.4. The molecule has 0 bridgehead atoms. The van der Waals surface area contributed by atoms with Gasteiger partial charge in [0.05, 0.1) is 11.8 Å². The van der Waals surface area contributed by atoms with Gasteiger partial charge in [0.25, 0.3) is 17.7 Å². The number of likely N-dealkylation sites (N-methyl/N-ethyl adjacent to an activating group) is 1. The number of carbonyl (C=O) groups is 5.